The van der Waals surface area contributed by atoms with Crippen LogP contribution in [-0.4, -0.2) is 33.2 Å². The molecule has 1 atom stereocenters. The highest BCUT2D eigenvalue weighted by molar-refractivity contribution is 6.05. The Labute approximate surface area is 115 Å². The number of carboxylic acid groups (broad SMARTS) is 1. The summed E-state index contributed by atoms with van der Waals surface area (Å²) in [6.07, 6.45) is 0.0737. The molecule has 0 fully saturated rings. The maximum Gasteiger partial charge on any atom is 0.343 e. The maximum atomic E-state index is 11.3. The second-order valence-electron chi connectivity index (χ2n) is 5.19. The van der Waals surface area contributed by atoms with Crippen LogP contribution in [0.25, 0.3) is 11.1 Å². The zero-order valence-corrected chi connectivity index (χ0v) is 11.4. The monoisotopic (exact) mass is 280 g/mol. The van der Waals surface area contributed by atoms with E-state index in [9.17, 15) is 15.0 Å². The molecule has 2 aromatic rings. The Hall–Kier alpha value is -2.12. The van der Waals surface area contributed by atoms with Gasteiger partial charge in [-0.3, -0.25) is 4.98 Å². The summed E-state index contributed by atoms with van der Waals surface area (Å²) in [5.41, 5.74) is -0.210. The molecule has 0 saturated carbocycles. The SMILES string of the molecule is CC(C)(C)OC(O)Nc1oc2cccnc2c1C(=O)O. The van der Waals surface area contributed by atoms with Gasteiger partial charge in [0.15, 0.2) is 5.58 Å². The van der Waals surface area contributed by atoms with Crippen molar-refractivity contribution in [2.75, 3.05) is 5.32 Å². The summed E-state index contributed by atoms with van der Waals surface area (Å²) >= 11 is 0. The van der Waals surface area contributed by atoms with Crippen molar-refractivity contribution < 1.29 is 24.2 Å². The van der Waals surface area contributed by atoms with E-state index in [1.165, 1.54) is 6.20 Å². The summed E-state index contributed by atoms with van der Waals surface area (Å²) in [7, 11) is 0. The van der Waals surface area contributed by atoms with Crippen LogP contribution >= 0.6 is 0 Å². The van der Waals surface area contributed by atoms with Crippen LogP contribution in [0.15, 0.2) is 22.7 Å². The Balaban J connectivity index is 2.34. The third-order valence-corrected chi connectivity index (χ3v) is 2.38. The van der Waals surface area contributed by atoms with Gasteiger partial charge in [0.1, 0.15) is 11.1 Å². The molecule has 0 aliphatic heterocycles. The number of pyridine rings is 1. The van der Waals surface area contributed by atoms with E-state index in [1.54, 1.807) is 32.9 Å². The first-order valence-corrected chi connectivity index (χ1v) is 6.01. The molecule has 0 aliphatic carbocycles. The van der Waals surface area contributed by atoms with Crippen LogP contribution in [0.2, 0.25) is 0 Å². The second-order valence-corrected chi connectivity index (χ2v) is 5.19. The predicted molar refractivity (Wildman–Crippen MR) is 71.4 cm³/mol. The normalized spacial score (nSPS) is 13.4. The minimum Gasteiger partial charge on any atom is -0.477 e. The van der Waals surface area contributed by atoms with Gasteiger partial charge in [0, 0.05) is 6.20 Å². The fraction of sp³-hybridized carbons (Fsp3) is 0.385. The first-order chi connectivity index (χ1) is 9.28. The zero-order valence-electron chi connectivity index (χ0n) is 11.4. The van der Waals surface area contributed by atoms with Crippen molar-refractivity contribution in [2.24, 2.45) is 0 Å². The summed E-state index contributed by atoms with van der Waals surface area (Å²) in [4.78, 5) is 15.3. The van der Waals surface area contributed by atoms with E-state index in [4.69, 9.17) is 9.15 Å². The van der Waals surface area contributed by atoms with E-state index < -0.39 is 18.0 Å². The Kier molecular flexibility index (Phi) is 3.65. The fourth-order valence-electron chi connectivity index (χ4n) is 1.71. The first-order valence-electron chi connectivity index (χ1n) is 6.01. The quantitative estimate of drug-likeness (QED) is 0.736. The van der Waals surface area contributed by atoms with Gasteiger partial charge >= 0.3 is 5.97 Å². The molecule has 0 saturated heterocycles. The Morgan fingerprint density at radius 1 is 1.50 bits per heavy atom. The second kappa shape index (κ2) is 5.10. The number of aromatic carboxylic acids is 1. The van der Waals surface area contributed by atoms with Gasteiger partial charge in [0.25, 0.3) is 0 Å². The van der Waals surface area contributed by atoms with Crippen molar-refractivity contribution in [3.8, 4) is 0 Å². The Morgan fingerprint density at radius 2 is 2.20 bits per heavy atom. The largest absolute Gasteiger partial charge is 0.477 e. The molecule has 0 amide bonds. The number of nitrogens with one attached hydrogen (secondary N) is 1. The summed E-state index contributed by atoms with van der Waals surface area (Å²) in [6.45, 7) is 5.28. The highest BCUT2D eigenvalue weighted by Gasteiger charge is 2.24. The molecule has 1 unspecified atom stereocenters. The van der Waals surface area contributed by atoms with Crippen LogP contribution in [0.1, 0.15) is 31.1 Å². The molecule has 0 aromatic carbocycles. The number of furan rings is 1. The minimum absolute atomic E-state index is 0.0945. The number of rotatable bonds is 4. The Morgan fingerprint density at radius 3 is 2.80 bits per heavy atom. The van der Waals surface area contributed by atoms with Gasteiger partial charge in [-0.2, -0.15) is 0 Å². The van der Waals surface area contributed by atoms with E-state index in [0.29, 0.717) is 5.58 Å². The summed E-state index contributed by atoms with van der Waals surface area (Å²) in [6, 6.07) is 3.22. The van der Waals surface area contributed by atoms with Gasteiger partial charge in [-0.15, -0.1) is 0 Å². The van der Waals surface area contributed by atoms with Gasteiger partial charge in [-0.05, 0) is 32.9 Å². The smallest absolute Gasteiger partial charge is 0.343 e. The van der Waals surface area contributed by atoms with Crippen molar-refractivity contribution in [3.63, 3.8) is 0 Å². The maximum absolute atomic E-state index is 11.3. The van der Waals surface area contributed by atoms with Crippen molar-refractivity contribution in [3.05, 3.63) is 23.9 Å². The average molecular weight is 280 g/mol. The van der Waals surface area contributed by atoms with E-state index >= 15 is 0 Å². The molecule has 0 aliphatic rings. The van der Waals surface area contributed by atoms with Gasteiger partial charge < -0.3 is 24.7 Å². The molecule has 7 nitrogen and oxygen atoms in total. The lowest BCUT2D eigenvalue weighted by molar-refractivity contribution is -0.149. The number of aromatic nitrogens is 1. The summed E-state index contributed by atoms with van der Waals surface area (Å²) in [5, 5.41) is 21.5. The molecule has 3 N–H and O–H groups in total. The van der Waals surface area contributed by atoms with Crippen molar-refractivity contribution in [1.29, 1.82) is 0 Å². The molecular weight excluding hydrogens is 264 g/mol. The van der Waals surface area contributed by atoms with Crippen molar-refractivity contribution in [2.45, 2.75) is 32.8 Å². The van der Waals surface area contributed by atoms with E-state index in [0.717, 1.165) is 0 Å². The predicted octanol–water partition coefficient (Wildman–Crippen LogP) is 2.03. The van der Waals surface area contributed by atoms with Crippen molar-refractivity contribution in [1.82, 2.24) is 4.98 Å². The number of aliphatic hydroxyl groups excluding tert-OH is 1. The highest BCUT2D eigenvalue weighted by atomic mass is 16.6. The van der Waals surface area contributed by atoms with Crippen LogP contribution in [0.5, 0.6) is 0 Å². The van der Waals surface area contributed by atoms with E-state index in [-0.39, 0.29) is 17.0 Å². The molecule has 0 radical (unpaired) electrons. The van der Waals surface area contributed by atoms with Gasteiger partial charge in [0.2, 0.25) is 12.3 Å². The molecule has 7 heteroatoms. The molecule has 0 spiro atoms. The molecule has 108 valence electrons. The van der Waals surface area contributed by atoms with Gasteiger partial charge in [0.05, 0.1) is 5.60 Å². The van der Waals surface area contributed by atoms with E-state index in [1.807, 2.05) is 0 Å². The fourth-order valence-corrected chi connectivity index (χ4v) is 1.71. The number of nitrogens with zero attached hydrogens (tertiary/aromatic N) is 1. The number of hydrogen-bond donors (Lipinski definition) is 3. The number of aliphatic hydroxyl groups is 1. The minimum atomic E-state index is -1.39. The standard InChI is InChI=1S/C13H16N2O5/c1-13(2,3)20-12(18)15-10-8(11(16)17)9-7(19-10)5-4-6-14-9/h4-6,12,15,18H,1-3H3,(H,16,17). The number of carboxylic acids is 1. The van der Waals surface area contributed by atoms with Gasteiger partial charge in [-0.25, -0.2) is 4.79 Å². The molecule has 2 heterocycles. The summed E-state index contributed by atoms with van der Waals surface area (Å²) < 4.78 is 10.6. The van der Waals surface area contributed by atoms with Crippen LogP contribution in [0.4, 0.5) is 5.88 Å². The van der Waals surface area contributed by atoms with Crippen LogP contribution in [-0.2, 0) is 4.74 Å². The molecular formula is C13H16N2O5. The number of fused-ring (bicyclic) bond motifs is 1. The van der Waals surface area contributed by atoms with Gasteiger partial charge in [-0.1, -0.05) is 0 Å². The molecule has 2 aromatic heterocycles. The average Bonchev–Trinajstić information content (AvgIpc) is 2.63. The van der Waals surface area contributed by atoms with Crippen LogP contribution < -0.4 is 5.32 Å². The third kappa shape index (κ3) is 3.06. The Bertz CT molecular complexity index is 629. The lowest BCUT2D eigenvalue weighted by Gasteiger charge is -2.24. The van der Waals surface area contributed by atoms with E-state index in [2.05, 4.69) is 10.3 Å². The first kappa shape index (κ1) is 14.3. The zero-order chi connectivity index (χ0) is 14.9. The lowest BCUT2D eigenvalue weighted by atomic mass is 10.2. The van der Waals surface area contributed by atoms with Crippen molar-refractivity contribution >= 4 is 23.0 Å². The number of ether oxygens (including phenoxy) is 1. The third-order valence-electron chi connectivity index (χ3n) is 2.38. The topological polar surface area (TPSA) is 105 Å². The number of carbonyl (C=O) groups is 1. The number of anilines is 1. The molecule has 20 heavy (non-hydrogen) atoms. The van der Waals surface area contributed by atoms with Crippen LogP contribution in [0.3, 0.4) is 0 Å². The molecule has 2 rings (SSSR count). The summed E-state index contributed by atoms with van der Waals surface area (Å²) in [5.74, 6) is -1.30. The van der Waals surface area contributed by atoms with Crippen LogP contribution in [0, 0.1) is 0 Å². The molecule has 0 bridgehead atoms. The number of hydrogen-bond acceptors (Lipinski definition) is 6. The highest BCUT2D eigenvalue weighted by Crippen LogP contribution is 2.29. The lowest BCUT2D eigenvalue weighted by Crippen LogP contribution is -2.32.